The monoisotopic (exact) mass is 401 g/mol. The van der Waals surface area contributed by atoms with Gasteiger partial charge in [0.25, 0.3) is 0 Å². The Bertz CT molecular complexity index is 985. The van der Waals surface area contributed by atoms with E-state index in [0.717, 1.165) is 42.0 Å². The number of amides is 1. The van der Waals surface area contributed by atoms with Crippen LogP contribution >= 0.6 is 0 Å². The first-order valence-corrected chi connectivity index (χ1v) is 10.4. The lowest BCUT2D eigenvalue weighted by molar-refractivity contribution is -0.130. The largest absolute Gasteiger partial charge is 0.497 e. The summed E-state index contributed by atoms with van der Waals surface area (Å²) < 4.78 is 10.7. The van der Waals surface area contributed by atoms with Gasteiger partial charge in [0.05, 0.1) is 26.2 Å². The van der Waals surface area contributed by atoms with Crippen molar-refractivity contribution in [3.8, 4) is 11.5 Å². The topological polar surface area (TPSA) is 38.8 Å². The summed E-state index contributed by atoms with van der Waals surface area (Å²) in [4.78, 5) is 15.1. The van der Waals surface area contributed by atoms with Crippen molar-refractivity contribution in [1.29, 1.82) is 0 Å². The van der Waals surface area contributed by atoms with Gasteiger partial charge < -0.3 is 14.4 Å². The number of carbonyl (C=O) groups is 1. The minimum Gasteiger partial charge on any atom is -0.497 e. The fraction of sp³-hybridized carbons (Fsp3) is 0.269. The number of ether oxygens (including phenoxy) is 2. The average molecular weight is 402 g/mol. The SMILES string of the molecule is COc1ccc(N2C(=O)[C@H](CCCc3ccccc3)[C@H]2c2cccc(OC)c2)cc1. The van der Waals surface area contributed by atoms with E-state index in [4.69, 9.17) is 9.47 Å². The predicted octanol–water partition coefficient (Wildman–Crippen LogP) is 5.43. The van der Waals surface area contributed by atoms with Crippen LogP contribution in [0, 0.1) is 5.92 Å². The Kier molecular flexibility index (Phi) is 6.03. The molecule has 4 rings (SSSR count). The summed E-state index contributed by atoms with van der Waals surface area (Å²) in [6, 6.07) is 26.2. The van der Waals surface area contributed by atoms with Crippen LogP contribution in [0.5, 0.6) is 11.5 Å². The molecular weight excluding hydrogens is 374 g/mol. The van der Waals surface area contributed by atoms with Gasteiger partial charge in [-0.25, -0.2) is 0 Å². The van der Waals surface area contributed by atoms with Gasteiger partial charge in [-0.2, -0.15) is 0 Å². The van der Waals surface area contributed by atoms with Crippen LogP contribution in [0.25, 0.3) is 0 Å². The first-order valence-electron chi connectivity index (χ1n) is 10.4. The quantitative estimate of drug-likeness (QED) is 0.472. The van der Waals surface area contributed by atoms with Crippen LogP contribution in [0.3, 0.4) is 0 Å². The molecule has 1 fully saturated rings. The van der Waals surface area contributed by atoms with E-state index in [9.17, 15) is 4.79 Å². The molecule has 1 heterocycles. The van der Waals surface area contributed by atoms with Gasteiger partial charge in [-0.3, -0.25) is 4.79 Å². The van der Waals surface area contributed by atoms with Crippen molar-refractivity contribution in [1.82, 2.24) is 0 Å². The van der Waals surface area contributed by atoms with Crippen molar-refractivity contribution in [2.45, 2.75) is 25.3 Å². The second-order valence-corrected chi connectivity index (χ2v) is 7.61. The Labute approximate surface area is 178 Å². The summed E-state index contributed by atoms with van der Waals surface area (Å²) in [5, 5.41) is 0. The molecule has 4 heteroatoms. The summed E-state index contributed by atoms with van der Waals surface area (Å²) in [5.74, 6) is 1.75. The molecule has 154 valence electrons. The molecule has 4 nitrogen and oxygen atoms in total. The molecule has 0 spiro atoms. The average Bonchev–Trinajstić information content (AvgIpc) is 2.81. The number of aryl methyl sites for hydroxylation is 1. The lowest BCUT2D eigenvalue weighted by atomic mass is 9.78. The molecule has 0 bridgehead atoms. The van der Waals surface area contributed by atoms with E-state index in [2.05, 4.69) is 30.3 Å². The molecule has 0 N–H and O–H groups in total. The maximum absolute atomic E-state index is 13.2. The van der Waals surface area contributed by atoms with Gasteiger partial charge in [-0.15, -0.1) is 0 Å². The maximum atomic E-state index is 13.2. The van der Waals surface area contributed by atoms with Crippen LogP contribution in [0.1, 0.15) is 30.0 Å². The highest BCUT2D eigenvalue weighted by atomic mass is 16.5. The Morgan fingerprint density at radius 2 is 1.57 bits per heavy atom. The number of rotatable bonds is 8. The number of carbonyl (C=O) groups excluding carboxylic acids is 1. The zero-order chi connectivity index (χ0) is 20.9. The fourth-order valence-corrected chi connectivity index (χ4v) is 4.24. The zero-order valence-corrected chi connectivity index (χ0v) is 17.5. The molecule has 0 saturated carbocycles. The summed E-state index contributed by atoms with van der Waals surface area (Å²) in [6.07, 6.45) is 2.83. The Balaban J connectivity index is 1.56. The fourth-order valence-electron chi connectivity index (χ4n) is 4.24. The van der Waals surface area contributed by atoms with Gasteiger partial charge in [-0.1, -0.05) is 42.5 Å². The Morgan fingerprint density at radius 1 is 0.833 bits per heavy atom. The van der Waals surface area contributed by atoms with E-state index in [1.807, 2.05) is 53.4 Å². The van der Waals surface area contributed by atoms with Crippen LogP contribution < -0.4 is 14.4 Å². The van der Waals surface area contributed by atoms with Gasteiger partial charge in [0.2, 0.25) is 5.91 Å². The minimum atomic E-state index is -0.0251. The summed E-state index contributed by atoms with van der Waals surface area (Å²) >= 11 is 0. The molecule has 3 aromatic rings. The van der Waals surface area contributed by atoms with Crippen molar-refractivity contribution in [3.05, 3.63) is 90.0 Å². The van der Waals surface area contributed by atoms with Crippen LogP contribution in [0.4, 0.5) is 5.69 Å². The second kappa shape index (κ2) is 9.04. The highest BCUT2D eigenvalue weighted by Crippen LogP contribution is 2.46. The second-order valence-electron chi connectivity index (χ2n) is 7.61. The van der Waals surface area contributed by atoms with Crippen molar-refractivity contribution in [3.63, 3.8) is 0 Å². The highest BCUT2D eigenvalue weighted by Gasteiger charge is 2.48. The summed E-state index contributed by atoms with van der Waals surface area (Å²) in [7, 11) is 3.31. The molecule has 1 saturated heterocycles. The molecule has 0 aromatic heterocycles. The van der Waals surface area contributed by atoms with E-state index in [1.54, 1.807) is 14.2 Å². The highest BCUT2D eigenvalue weighted by molar-refractivity contribution is 6.03. The third kappa shape index (κ3) is 4.04. The molecule has 30 heavy (non-hydrogen) atoms. The first kappa shape index (κ1) is 20.0. The lowest BCUT2D eigenvalue weighted by Gasteiger charge is -2.47. The number of hydrogen-bond donors (Lipinski definition) is 0. The third-order valence-corrected chi connectivity index (χ3v) is 5.82. The lowest BCUT2D eigenvalue weighted by Crippen LogP contribution is -2.55. The first-order chi connectivity index (χ1) is 14.7. The van der Waals surface area contributed by atoms with E-state index in [0.29, 0.717) is 0 Å². The van der Waals surface area contributed by atoms with Gasteiger partial charge >= 0.3 is 0 Å². The molecule has 0 unspecified atom stereocenters. The van der Waals surface area contributed by atoms with E-state index in [1.165, 1.54) is 5.56 Å². The number of hydrogen-bond acceptors (Lipinski definition) is 3. The minimum absolute atomic E-state index is 0.0109. The normalized spacial score (nSPS) is 18.1. The molecule has 2 atom stereocenters. The van der Waals surface area contributed by atoms with Gasteiger partial charge in [-0.05, 0) is 66.8 Å². The Hall–Kier alpha value is -3.27. The number of nitrogens with zero attached hydrogens (tertiary/aromatic N) is 1. The Morgan fingerprint density at radius 3 is 2.27 bits per heavy atom. The molecular formula is C26H27NO3. The van der Waals surface area contributed by atoms with Crippen LogP contribution in [0.15, 0.2) is 78.9 Å². The third-order valence-electron chi connectivity index (χ3n) is 5.82. The molecule has 1 aliphatic heterocycles. The van der Waals surface area contributed by atoms with Crippen LogP contribution in [0.2, 0.25) is 0 Å². The van der Waals surface area contributed by atoms with E-state index < -0.39 is 0 Å². The summed E-state index contributed by atoms with van der Waals surface area (Å²) in [5.41, 5.74) is 3.32. The number of methoxy groups -OCH3 is 2. The number of anilines is 1. The van der Waals surface area contributed by atoms with Crippen molar-refractivity contribution < 1.29 is 14.3 Å². The zero-order valence-electron chi connectivity index (χ0n) is 17.5. The summed E-state index contributed by atoms with van der Waals surface area (Å²) in [6.45, 7) is 0. The molecule has 3 aromatic carbocycles. The standard InChI is InChI=1S/C26H27NO3/c1-29-22-16-14-21(15-17-22)27-25(20-11-7-12-23(18-20)30-2)24(26(27)28)13-6-10-19-8-4-3-5-9-19/h3-5,7-9,11-12,14-18,24-25H,6,10,13H2,1-2H3/t24-,25-/m1/s1. The number of benzene rings is 3. The van der Waals surface area contributed by atoms with Gasteiger partial charge in [0, 0.05) is 5.69 Å². The number of β-lactam (4-membered cyclic amide) rings is 1. The molecule has 1 amide bonds. The van der Waals surface area contributed by atoms with E-state index >= 15 is 0 Å². The van der Waals surface area contributed by atoms with Crippen LogP contribution in [-0.2, 0) is 11.2 Å². The van der Waals surface area contributed by atoms with Crippen molar-refractivity contribution >= 4 is 11.6 Å². The maximum Gasteiger partial charge on any atom is 0.233 e. The van der Waals surface area contributed by atoms with Crippen molar-refractivity contribution in [2.75, 3.05) is 19.1 Å². The molecule has 0 radical (unpaired) electrons. The predicted molar refractivity (Wildman–Crippen MR) is 119 cm³/mol. The van der Waals surface area contributed by atoms with Gasteiger partial charge in [0.1, 0.15) is 11.5 Å². The van der Waals surface area contributed by atoms with Gasteiger partial charge in [0.15, 0.2) is 0 Å². The van der Waals surface area contributed by atoms with Crippen molar-refractivity contribution in [2.24, 2.45) is 5.92 Å². The van der Waals surface area contributed by atoms with Crippen LogP contribution in [-0.4, -0.2) is 20.1 Å². The smallest absolute Gasteiger partial charge is 0.233 e. The van der Waals surface area contributed by atoms with E-state index in [-0.39, 0.29) is 17.9 Å². The molecule has 1 aliphatic rings. The molecule has 0 aliphatic carbocycles.